The molecule has 0 aliphatic carbocycles. The van der Waals surface area contributed by atoms with Crippen molar-refractivity contribution in [2.24, 2.45) is 0 Å². The summed E-state index contributed by atoms with van der Waals surface area (Å²) >= 11 is 0. The molecule has 0 unspecified atom stereocenters. The molecule has 0 bridgehead atoms. The van der Waals surface area contributed by atoms with Gasteiger partial charge in [-0.3, -0.25) is 0 Å². The molecule has 5 heteroatoms. The molecule has 0 radical (unpaired) electrons. The number of hydrogen-bond acceptors (Lipinski definition) is 4. The van der Waals surface area contributed by atoms with Gasteiger partial charge in [-0.05, 0) is 26.0 Å². The first-order chi connectivity index (χ1) is 9.20. The van der Waals surface area contributed by atoms with Crippen molar-refractivity contribution in [2.75, 3.05) is 0 Å². The highest BCUT2D eigenvalue weighted by Gasteiger charge is 2.02. The summed E-state index contributed by atoms with van der Waals surface area (Å²) in [5.41, 5.74) is 2.95. The van der Waals surface area contributed by atoms with Crippen molar-refractivity contribution in [2.45, 2.75) is 26.9 Å². The normalized spacial score (nSPS) is 11.3. The van der Waals surface area contributed by atoms with Crippen LogP contribution in [0.4, 0.5) is 0 Å². The van der Waals surface area contributed by atoms with Gasteiger partial charge >= 0.3 is 0 Å². The lowest BCUT2D eigenvalue weighted by Crippen LogP contribution is -2.13. The van der Waals surface area contributed by atoms with Crippen LogP contribution in [0.1, 0.15) is 22.8 Å². The number of furan rings is 1. The summed E-state index contributed by atoms with van der Waals surface area (Å²) in [6.45, 7) is 5.36. The van der Waals surface area contributed by atoms with Gasteiger partial charge in [-0.25, -0.2) is 9.50 Å². The molecule has 3 rings (SSSR count). The van der Waals surface area contributed by atoms with Crippen molar-refractivity contribution in [1.82, 2.24) is 19.9 Å². The Morgan fingerprint density at radius 1 is 1.26 bits per heavy atom. The van der Waals surface area contributed by atoms with Crippen LogP contribution in [-0.2, 0) is 13.1 Å². The molecule has 0 saturated heterocycles. The topological polar surface area (TPSA) is 55.4 Å². The maximum atomic E-state index is 5.50. The number of hydrogen-bond donors (Lipinski definition) is 1. The highest BCUT2D eigenvalue weighted by atomic mass is 16.3. The van der Waals surface area contributed by atoms with Gasteiger partial charge in [0.25, 0.3) is 0 Å². The molecule has 1 N–H and O–H groups in total. The average Bonchev–Trinajstić information content (AvgIpc) is 2.94. The van der Waals surface area contributed by atoms with Gasteiger partial charge in [0.15, 0.2) is 5.65 Å². The molecule has 0 amide bonds. The van der Waals surface area contributed by atoms with E-state index < -0.39 is 0 Å². The Labute approximate surface area is 111 Å². The fourth-order valence-corrected chi connectivity index (χ4v) is 2.04. The Morgan fingerprint density at radius 3 is 2.95 bits per heavy atom. The number of aryl methyl sites for hydroxylation is 2. The average molecular weight is 256 g/mol. The van der Waals surface area contributed by atoms with Gasteiger partial charge in [-0.15, -0.1) is 0 Å². The molecule has 0 fully saturated rings. The zero-order valence-corrected chi connectivity index (χ0v) is 11.1. The van der Waals surface area contributed by atoms with Gasteiger partial charge in [0.2, 0.25) is 0 Å². The summed E-state index contributed by atoms with van der Waals surface area (Å²) in [6.07, 6.45) is 3.87. The van der Waals surface area contributed by atoms with E-state index in [0.717, 1.165) is 35.0 Å². The molecule has 0 atom stereocenters. The van der Waals surface area contributed by atoms with Crippen molar-refractivity contribution in [3.05, 3.63) is 53.4 Å². The van der Waals surface area contributed by atoms with E-state index >= 15 is 0 Å². The Morgan fingerprint density at radius 2 is 2.16 bits per heavy atom. The fraction of sp³-hybridized carbons (Fsp3) is 0.286. The smallest absolute Gasteiger partial charge is 0.155 e. The standard InChI is InChI=1S/C14H16N4O/c1-10-5-14-16-7-12(9-18(14)17-10)6-15-8-13-4-3-11(2)19-13/h3-5,7,9,15H,6,8H2,1-2H3. The number of nitrogens with zero attached hydrogens (tertiary/aromatic N) is 3. The van der Waals surface area contributed by atoms with Gasteiger partial charge in [0.05, 0.1) is 12.2 Å². The van der Waals surface area contributed by atoms with E-state index in [2.05, 4.69) is 15.4 Å². The van der Waals surface area contributed by atoms with E-state index in [1.54, 1.807) is 0 Å². The van der Waals surface area contributed by atoms with Crippen molar-refractivity contribution < 1.29 is 4.42 Å². The van der Waals surface area contributed by atoms with E-state index in [9.17, 15) is 0 Å². The predicted octanol–water partition coefficient (Wildman–Crippen LogP) is 2.23. The summed E-state index contributed by atoms with van der Waals surface area (Å²) in [5.74, 6) is 1.88. The molecule has 0 saturated carbocycles. The lowest BCUT2D eigenvalue weighted by atomic mass is 10.3. The predicted molar refractivity (Wildman–Crippen MR) is 71.7 cm³/mol. The van der Waals surface area contributed by atoms with E-state index in [-0.39, 0.29) is 0 Å². The number of fused-ring (bicyclic) bond motifs is 1. The monoisotopic (exact) mass is 256 g/mol. The van der Waals surface area contributed by atoms with Crippen molar-refractivity contribution in [1.29, 1.82) is 0 Å². The Hall–Kier alpha value is -2.14. The highest BCUT2D eigenvalue weighted by molar-refractivity contribution is 5.38. The van der Waals surface area contributed by atoms with Crippen LogP contribution in [0.2, 0.25) is 0 Å². The Kier molecular flexibility index (Phi) is 3.05. The van der Waals surface area contributed by atoms with Gasteiger partial charge in [0.1, 0.15) is 11.5 Å². The molecule has 19 heavy (non-hydrogen) atoms. The van der Waals surface area contributed by atoms with Crippen LogP contribution in [0.25, 0.3) is 5.65 Å². The second-order valence-corrected chi connectivity index (χ2v) is 4.67. The van der Waals surface area contributed by atoms with Gasteiger partial charge in [0, 0.05) is 30.6 Å². The minimum absolute atomic E-state index is 0.712. The van der Waals surface area contributed by atoms with Crippen LogP contribution in [0.5, 0.6) is 0 Å². The highest BCUT2D eigenvalue weighted by Crippen LogP contribution is 2.07. The van der Waals surface area contributed by atoms with Crippen LogP contribution < -0.4 is 5.32 Å². The van der Waals surface area contributed by atoms with Crippen LogP contribution >= 0.6 is 0 Å². The van der Waals surface area contributed by atoms with E-state index in [1.165, 1.54) is 0 Å². The first kappa shape index (κ1) is 11.9. The molecule has 0 spiro atoms. The summed E-state index contributed by atoms with van der Waals surface area (Å²) in [5, 5.41) is 7.68. The quantitative estimate of drug-likeness (QED) is 0.777. The number of rotatable bonds is 4. The fourth-order valence-electron chi connectivity index (χ4n) is 2.04. The molecule has 5 nitrogen and oxygen atoms in total. The summed E-state index contributed by atoms with van der Waals surface area (Å²) in [4.78, 5) is 4.37. The van der Waals surface area contributed by atoms with Crippen molar-refractivity contribution >= 4 is 5.65 Å². The third kappa shape index (κ3) is 2.66. The lowest BCUT2D eigenvalue weighted by Gasteiger charge is -2.03. The maximum Gasteiger partial charge on any atom is 0.155 e. The number of aromatic nitrogens is 3. The van der Waals surface area contributed by atoms with Crippen LogP contribution in [-0.4, -0.2) is 14.6 Å². The first-order valence-corrected chi connectivity index (χ1v) is 6.28. The SMILES string of the molecule is Cc1cc2ncc(CNCc3ccc(C)o3)cn2n1. The molecule has 0 aliphatic rings. The Bertz CT molecular complexity index is 698. The second kappa shape index (κ2) is 4.85. The van der Waals surface area contributed by atoms with Crippen LogP contribution in [0.15, 0.2) is 35.0 Å². The summed E-state index contributed by atoms with van der Waals surface area (Å²) in [7, 11) is 0. The summed E-state index contributed by atoms with van der Waals surface area (Å²) < 4.78 is 7.31. The second-order valence-electron chi connectivity index (χ2n) is 4.67. The maximum absolute atomic E-state index is 5.50. The molecular weight excluding hydrogens is 240 g/mol. The van der Waals surface area contributed by atoms with E-state index in [4.69, 9.17) is 4.42 Å². The molecule has 3 heterocycles. The molecule has 3 aromatic rings. The zero-order chi connectivity index (χ0) is 13.2. The molecule has 98 valence electrons. The molecule has 3 aromatic heterocycles. The van der Waals surface area contributed by atoms with Crippen LogP contribution in [0, 0.1) is 13.8 Å². The van der Waals surface area contributed by atoms with E-state index in [0.29, 0.717) is 6.54 Å². The van der Waals surface area contributed by atoms with Gasteiger partial charge in [-0.2, -0.15) is 5.10 Å². The third-order valence-corrected chi connectivity index (χ3v) is 2.91. The Balaban J connectivity index is 1.64. The lowest BCUT2D eigenvalue weighted by molar-refractivity contribution is 0.461. The molecule has 0 aromatic carbocycles. The van der Waals surface area contributed by atoms with Crippen molar-refractivity contribution in [3.63, 3.8) is 0 Å². The number of nitrogens with one attached hydrogen (secondary N) is 1. The minimum Gasteiger partial charge on any atom is -0.465 e. The van der Waals surface area contributed by atoms with Gasteiger partial charge < -0.3 is 9.73 Å². The zero-order valence-electron chi connectivity index (χ0n) is 11.1. The molecule has 0 aliphatic heterocycles. The summed E-state index contributed by atoms with van der Waals surface area (Å²) in [6, 6.07) is 5.92. The molecular formula is C14H16N4O. The van der Waals surface area contributed by atoms with Gasteiger partial charge in [-0.1, -0.05) is 0 Å². The first-order valence-electron chi connectivity index (χ1n) is 6.28. The van der Waals surface area contributed by atoms with Crippen molar-refractivity contribution in [3.8, 4) is 0 Å². The van der Waals surface area contributed by atoms with Crippen LogP contribution in [0.3, 0.4) is 0 Å². The third-order valence-electron chi connectivity index (χ3n) is 2.91. The minimum atomic E-state index is 0.712. The van der Waals surface area contributed by atoms with E-state index in [1.807, 2.05) is 49.0 Å². The largest absolute Gasteiger partial charge is 0.465 e.